The van der Waals surface area contributed by atoms with E-state index in [1.807, 2.05) is 24.3 Å². The fraction of sp³-hybridized carbons (Fsp3) is 0.500. The van der Waals surface area contributed by atoms with Crippen LogP contribution in [-0.4, -0.2) is 19.8 Å². The molecule has 17 heavy (non-hydrogen) atoms. The van der Waals surface area contributed by atoms with Crippen LogP contribution in [-0.2, 0) is 11.3 Å². The predicted molar refractivity (Wildman–Crippen MR) is 66.4 cm³/mol. The Labute approximate surface area is 102 Å². The summed E-state index contributed by atoms with van der Waals surface area (Å²) in [5.41, 5.74) is 1.88. The predicted octanol–water partition coefficient (Wildman–Crippen LogP) is 2.07. The van der Waals surface area contributed by atoms with Crippen LogP contribution >= 0.6 is 0 Å². The first-order valence-corrected chi connectivity index (χ1v) is 6.05. The van der Waals surface area contributed by atoms with Gasteiger partial charge in [0.05, 0.1) is 18.2 Å². The van der Waals surface area contributed by atoms with Crippen molar-refractivity contribution < 1.29 is 4.74 Å². The zero-order valence-corrected chi connectivity index (χ0v) is 10.1. The van der Waals surface area contributed by atoms with E-state index >= 15 is 0 Å². The normalized spacial score (nSPS) is 16.5. The van der Waals surface area contributed by atoms with Gasteiger partial charge in [-0.1, -0.05) is 12.1 Å². The molecule has 1 N–H and O–H groups in total. The van der Waals surface area contributed by atoms with Crippen molar-refractivity contribution in [1.82, 2.24) is 5.32 Å². The Morgan fingerprint density at radius 2 is 2.35 bits per heavy atom. The van der Waals surface area contributed by atoms with E-state index in [0.717, 1.165) is 30.2 Å². The van der Waals surface area contributed by atoms with E-state index in [-0.39, 0.29) is 0 Å². The van der Waals surface area contributed by atoms with Crippen molar-refractivity contribution >= 4 is 0 Å². The first-order valence-electron chi connectivity index (χ1n) is 6.05. The quantitative estimate of drug-likeness (QED) is 0.813. The van der Waals surface area contributed by atoms with Crippen LogP contribution in [0.5, 0.6) is 0 Å². The maximum absolute atomic E-state index is 8.83. The largest absolute Gasteiger partial charge is 0.383 e. The van der Waals surface area contributed by atoms with Crippen molar-refractivity contribution in [3.05, 3.63) is 35.4 Å². The summed E-state index contributed by atoms with van der Waals surface area (Å²) in [4.78, 5) is 0. The molecule has 1 fully saturated rings. The van der Waals surface area contributed by atoms with Crippen LogP contribution in [0.15, 0.2) is 24.3 Å². The summed E-state index contributed by atoms with van der Waals surface area (Å²) in [6.45, 7) is 1.57. The molecule has 0 saturated heterocycles. The second kappa shape index (κ2) is 5.81. The number of hydrogen-bond donors (Lipinski definition) is 1. The van der Waals surface area contributed by atoms with Gasteiger partial charge in [0.1, 0.15) is 0 Å². The first kappa shape index (κ1) is 12.1. The van der Waals surface area contributed by atoms with Gasteiger partial charge in [-0.3, -0.25) is 0 Å². The molecule has 90 valence electrons. The molecule has 0 amide bonds. The standard InChI is InChI=1S/C14H18N2O/c1-17-10-14(13-5-6-13)16-9-12-4-2-3-11(7-12)8-15/h2-4,7,13-14,16H,5-6,9-10H2,1H3. The van der Waals surface area contributed by atoms with E-state index in [1.54, 1.807) is 7.11 Å². The van der Waals surface area contributed by atoms with E-state index in [9.17, 15) is 0 Å². The van der Waals surface area contributed by atoms with E-state index in [1.165, 1.54) is 12.8 Å². The topological polar surface area (TPSA) is 45.0 Å². The lowest BCUT2D eigenvalue weighted by atomic mass is 10.1. The molecule has 1 aliphatic carbocycles. The molecule has 1 atom stereocenters. The summed E-state index contributed by atoms with van der Waals surface area (Å²) in [6.07, 6.45) is 2.61. The van der Waals surface area contributed by atoms with Gasteiger partial charge in [-0.25, -0.2) is 0 Å². The highest BCUT2D eigenvalue weighted by Crippen LogP contribution is 2.32. The Balaban J connectivity index is 1.89. The van der Waals surface area contributed by atoms with Crippen LogP contribution in [0.3, 0.4) is 0 Å². The lowest BCUT2D eigenvalue weighted by molar-refractivity contribution is 0.157. The number of hydrogen-bond acceptors (Lipinski definition) is 3. The molecular weight excluding hydrogens is 212 g/mol. The third kappa shape index (κ3) is 3.55. The molecule has 0 aromatic heterocycles. The van der Waals surface area contributed by atoms with E-state index in [4.69, 9.17) is 10.00 Å². The number of methoxy groups -OCH3 is 1. The molecule has 3 heteroatoms. The smallest absolute Gasteiger partial charge is 0.0991 e. The molecular formula is C14H18N2O. The molecule has 0 heterocycles. The number of nitrogens with zero attached hydrogens (tertiary/aromatic N) is 1. The molecule has 1 aromatic rings. The molecule has 2 rings (SSSR count). The van der Waals surface area contributed by atoms with E-state index < -0.39 is 0 Å². The Morgan fingerprint density at radius 3 is 3.00 bits per heavy atom. The minimum absolute atomic E-state index is 0.450. The molecule has 0 aliphatic heterocycles. The minimum Gasteiger partial charge on any atom is -0.383 e. The Kier molecular flexibility index (Phi) is 4.13. The van der Waals surface area contributed by atoms with Gasteiger partial charge in [0.2, 0.25) is 0 Å². The van der Waals surface area contributed by atoms with Crippen LogP contribution in [0.25, 0.3) is 0 Å². The van der Waals surface area contributed by atoms with Crippen molar-refractivity contribution in [2.75, 3.05) is 13.7 Å². The highest BCUT2D eigenvalue weighted by Gasteiger charge is 2.30. The van der Waals surface area contributed by atoms with Crippen LogP contribution in [0, 0.1) is 17.2 Å². The zero-order valence-electron chi connectivity index (χ0n) is 10.1. The fourth-order valence-electron chi connectivity index (χ4n) is 2.04. The highest BCUT2D eigenvalue weighted by atomic mass is 16.5. The lowest BCUT2D eigenvalue weighted by Crippen LogP contribution is -2.34. The van der Waals surface area contributed by atoms with Gasteiger partial charge in [-0.05, 0) is 36.5 Å². The van der Waals surface area contributed by atoms with Crippen LogP contribution in [0.2, 0.25) is 0 Å². The van der Waals surface area contributed by atoms with Gasteiger partial charge in [0.15, 0.2) is 0 Å². The molecule has 0 spiro atoms. The zero-order chi connectivity index (χ0) is 12.1. The number of benzene rings is 1. The second-order valence-electron chi connectivity index (χ2n) is 4.59. The van der Waals surface area contributed by atoms with Crippen LogP contribution in [0.4, 0.5) is 0 Å². The van der Waals surface area contributed by atoms with Gasteiger partial charge in [-0.15, -0.1) is 0 Å². The maximum atomic E-state index is 8.83. The van der Waals surface area contributed by atoms with Gasteiger partial charge >= 0.3 is 0 Å². The van der Waals surface area contributed by atoms with E-state index in [2.05, 4.69) is 11.4 Å². The van der Waals surface area contributed by atoms with Crippen molar-refractivity contribution in [2.45, 2.75) is 25.4 Å². The average Bonchev–Trinajstić information content (AvgIpc) is 3.19. The van der Waals surface area contributed by atoms with Crippen molar-refractivity contribution in [3.63, 3.8) is 0 Å². The Hall–Kier alpha value is -1.37. The van der Waals surface area contributed by atoms with Gasteiger partial charge in [-0.2, -0.15) is 5.26 Å². The van der Waals surface area contributed by atoms with Gasteiger partial charge in [0, 0.05) is 19.7 Å². The van der Waals surface area contributed by atoms with Gasteiger partial charge in [0.25, 0.3) is 0 Å². The molecule has 1 aliphatic rings. The number of nitriles is 1. The molecule has 0 bridgehead atoms. The highest BCUT2D eigenvalue weighted by molar-refractivity contribution is 5.32. The molecule has 1 unspecified atom stereocenters. The molecule has 0 radical (unpaired) electrons. The minimum atomic E-state index is 0.450. The summed E-state index contributed by atoms with van der Waals surface area (Å²) >= 11 is 0. The average molecular weight is 230 g/mol. The molecule has 1 aromatic carbocycles. The molecule has 1 saturated carbocycles. The van der Waals surface area contributed by atoms with Crippen molar-refractivity contribution in [3.8, 4) is 6.07 Å². The summed E-state index contributed by atoms with van der Waals surface area (Å²) in [5, 5.41) is 12.3. The summed E-state index contributed by atoms with van der Waals surface area (Å²) in [7, 11) is 1.74. The Morgan fingerprint density at radius 1 is 1.53 bits per heavy atom. The first-order chi connectivity index (χ1) is 8.33. The summed E-state index contributed by atoms with van der Waals surface area (Å²) in [5.74, 6) is 0.772. The van der Waals surface area contributed by atoms with Crippen LogP contribution in [0.1, 0.15) is 24.0 Å². The fourth-order valence-corrected chi connectivity index (χ4v) is 2.04. The van der Waals surface area contributed by atoms with Crippen LogP contribution < -0.4 is 5.32 Å². The number of rotatable bonds is 6. The lowest BCUT2D eigenvalue weighted by Gasteiger charge is -2.17. The summed E-state index contributed by atoms with van der Waals surface area (Å²) < 4.78 is 5.22. The second-order valence-corrected chi connectivity index (χ2v) is 4.59. The summed E-state index contributed by atoms with van der Waals surface area (Å²) in [6, 6.07) is 10.4. The number of nitrogens with one attached hydrogen (secondary N) is 1. The van der Waals surface area contributed by atoms with Crippen molar-refractivity contribution in [2.24, 2.45) is 5.92 Å². The SMILES string of the molecule is COCC(NCc1cccc(C#N)c1)C1CC1. The third-order valence-corrected chi connectivity index (χ3v) is 3.16. The van der Waals surface area contributed by atoms with E-state index in [0.29, 0.717) is 6.04 Å². The maximum Gasteiger partial charge on any atom is 0.0991 e. The van der Waals surface area contributed by atoms with Gasteiger partial charge < -0.3 is 10.1 Å². The van der Waals surface area contributed by atoms with Crippen molar-refractivity contribution in [1.29, 1.82) is 5.26 Å². The monoisotopic (exact) mass is 230 g/mol. The third-order valence-electron chi connectivity index (χ3n) is 3.16. The molecule has 3 nitrogen and oxygen atoms in total. The Bertz CT molecular complexity index is 407. The number of ether oxygens (including phenoxy) is 1.